The second-order valence-electron chi connectivity index (χ2n) is 4.61. The Hall–Kier alpha value is -1.06. The van der Waals surface area contributed by atoms with Crippen molar-refractivity contribution >= 4 is 0 Å². The number of hydrogen-bond acceptors (Lipinski definition) is 3. The summed E-state index contributed by atoms with van der Waals surface area (Å²) in [4.78, 5) is 0. The van der Waals surface area contributed by atoms with Crippen molar-refractivity contribution in [1.29, 1.82) is 0 Å². The van der Waals surface area contributed by atoms with Crippen LogP contribution in [0.3, 0.4) is 0 Å². The van der Waals surface area contributed by atoms with Gasteiger partial charge in [-0.25, -0.2) is 0 Å². The van der Waals surface area contributed by atoms with Crippen molar-refractivity contribution < 1.29 is 9.84 Å². The van der Waals surface area contributed by atoms with Gasteiger partial charge in [0.05, 0.1) is 13.7 Å². The lowest BCUT2D eigenvalue weighted by atomic mass is 10.1. The molecule has 2 atom stereocenters. The molecule has 1 aliphatic rings. The zero-order valence-electron chi connectivity index (χ0n) is 10.6. The number of aliphatic hydroxyl groups excluding tert-OH is 1. The SMILES string of the molecule is CCC(CO)NC1CCc2ccc(OC)cc21. The van der Waals surface area contributed by atoms with Crippen molar-refractivity contribution in [3.05, 3.63) is 29.3 Å². The fourth-order valence-electron chi connectivity index (χ4n) is 2.46. The van der Waals surface area contributed by atoms with Gasteiger partial charge in [0.2, 0.25) is 0 Å². The van der Waals surface area contributed by atoms with Gasteiger partial charge in [-0.1, -0.05) is 13.0 Å². The molecule has 0 radical (unpaired) electrons. The summed E-state index contributed by atoms with van der Waals surface area (Å²) in [6, 6.07) is 6.83. The van der Waals surface area contributed by atoms with Crippen molar-refractivity contribution in [2.24, 2.45) is 0 Å². The van der Waals surface area contributed by atoms with Gasteiger partial charge in [-0.2, -0.15) is 0 Å². The summed E-state index contributed by atoms with van der Waals surface area (Å²) in [6.45, 7) is 2.29. The summed E-state index contributed by atoms with van der Waals surface area (Å²) in [5.41, 5.74) is 2.73. The zero-order chi connectivity index (χ0) is 12.3. The molecule has 1 aliphatic carbocycles. The van der Waals surface area contributed by atoms with Crippen LogP contribution in [0.25, 0.3) is 0 Å². The quantitative estimate of drug-likeness (QED) is 0.820. The molecule has 1 aromatic carbocycles. The molecule has 3 heteroatoms. The molecule has 3 nitrogen and oxygen atoms in total. The van der Waals surface area contributed by atoms with Gasteiger partial charge in [-0.05, 0) is 42.5 Å². The third kappa shape index (κ3) is 2.61. The van der Waals surface area contributed by atoms with Crippen LogP contribution in [0, 0.1) is 0 Å². The number of ether oxygens (including phenoxy) is 1. The van der Waals surface area contributed by atoms with Crippen molar-refractivity contribution in [3.8, 4) is 5.75 Å². The van der Waals surface area contributed by atoms with E-state index in [0.717, 1.165) is 25.0 Å². The molecule has 2 unspecified atom stereocenters. The van der Waals surface area contributed by atoms with Gasteiger partial charge >= 0.3 is 0 Å². The summed E-state index contributed by atoms with van der Waals surface area (Å²) < 4.78 is 5.27. The molecule has 94 valence electrons. The van der Waals surface area contributed by atoms with Gasteiger partial charge < -0.3 is 15.2 Å². The standard InChI is InChI=1S/C14H21NO2/c1-3-11(9-16)15-14-7-5-10-4-6-12(17-2)8-13(10)14/h4,6,8,11,14-16H,3,5,7,9H2,1-2H3. The Morgan fingerprint density at radius 1 is 1.53 bits per heavy atom. The summed E-state index contributed by atoms with van der Waals surface area (Å²) in [5, 5.41) is 12.8. The lowest BCUT2D eigenvalue weighted by Gasteiger charge is -2.21. The van der Waals surface area contributed by atoms with Crippen LogP contribution < -0.4 is 10.1 Å². The van der Waals surface area contributed by atoms with E-state index >= 15 is 0 Å². The number of aliphatic hydroxyl groups is 1. The van der Waals surface area contributed by atoms with Crippen molar-refractivity contribution in [3.63, 3.8) is 0 Å². The molecule has 17 heavy (non-hydrogen) atoms. The molecule has 0 aromatic heterocycles. The van der Waals surface area contributed by atoms with Gasteiger partial charge in [0.25, 0.3) is 0 Å². The number of hydrogen-bond donors (Lipinski definition) is 2. The molecule has 0 aliphatic heterocycles. The average molecular weight is 235 g/mol. The van der Waals surface area contributed by atoms with Crippen LogP contribution in [-0.2, 0) is 6.42 Å². The number of benzene rings is 1. The maximum atomic E-state index is 9.25. The highest BCUT2D eigenvalue weighted by Crippen LogP contribution is 2.34. The first-order chi connectivity index (χ1) is 8.28. The Bertz CT molecular complexity index is 374. The Balaban J connectivity index is 2.14. The van der Waals surface area contributed by atoms with Crippen LogP contribution in [-0.4, -0.2) is 24.9 Å². The van der Waals surface area contributed by atoms with Crippen LogP contribution in [0.4, 0.5) is 0 Å². The molecule has 0 saturated carbocycles. The van der Waals surface area contributed by atoms with Gasteiger partial charge in [0, 0.05) is 12.1 Å². The normalized spacial score (nSPS) is 20.1. The molecule has 2 rings (SSSR count). The predicted molar refractivity (Wildman–Crippen MR) is 68.4 cm³/mol. The fraction of sp³-hybridized carbons (Fsp3) is 0.571. The third-order valence-corrected chi connectivity index (χ3v) is 3.58. The fourth-order valence-corrected chi connectivity index (χ4v) is 2.46. The topological polar surface area (TPSA) is 41.5 Å². The summed E-state index contributed by atoms with van der Waals surface area (Å²) in [6.07, 6.45) is 3.17. The van der Waals surface area contributed by atoms with Gasteiger partial charge in [-0.15, -0.1) is 0 Å². The Labute approximate surface area is 103 Å². The minimum absolute atomic E-state index is 0.192. The Morgan fingerprint density at radius 3 is 3.00 bits per heavy atom. The lowest BCUT2D eigenvalue weighted by molar-refractivity contribution is 0.227. The van der Waals surface area contributed by atoms with Crippen LogP contribution in [0.2, 0.25) is 0 Å². The molecule has 0 amide bonds. The van der Waals surface area contributed by atoms with E-state index in [9.17, 15) is 5.11 Å². The first-order valence-corrected chi connectivity index (χ1v) is 6.32. The van der Waals surface area contributed by atoms with E-state index in [-0.39, 0.29) is 12.6 Å². The molecule has 0 saturated heterocycles. The maximum Gasteiger partial charge on any atom is 0.119 e. The van der Waals surface area contributed by atoms with E-state index in [1.54, 1.807) is 7.11 Å². The molecule has 0 heterocycles. The molecule has 2 N–H and O–H groups in total. The van der Waals surface area contributed by atoms with E-state index in [0.29, 0.717) is 6.04 Å². The van der Waals surface area contributed by atoms with Gasteiger partial charge in [0.1, 0.15) is 5.75 Å². The predicted octanol–water partition coefficient (Wildman–Crippen LogP) is 2.04. The van der Waals surface area contributed by atoms with E-state index in [2.05, 4.69) is 24.4 Å². The first-order valence-electron chi connectivity index (χ1n) is 6.32. The molecule has 1 aromatic rings. The monoisotopic (exact) mass is 235 g/mol. The van der Waals surface area contributed by atoms with E-state index in [4.69, 9.17) is 4.74 Å². The van der Waals surface area contributed by atoms with Crippen LogP contribution in [0.1, 0.15) is 36.9 Å². The van der Waals surface area contributed by atoms with Crippen LogP contribution in [0.5, 0.6) is 5.75 Å². The number of rotatable bonds is 5. The average Bonchev–Trinajstić information content (AvgIpc) is 2.78. The highest BCUT2D eigenvalue weighted by atomic mass is 16.5. The molecule has 0 bridgehead atoms. The van der Waals surface area contributed by atoms with Gasteiger partial charge in [0.15, 0.2) is 0 Å². The van der Waals surface area contributed by atoms with Gasteiger partial charge in [-0.3, -0.25) is 0 Å². The molecular weight excluding hydrogens is 214 g/mol. The largest absolute Gasteiger partial charge is 0.497 e. The number of aryl methyl sites for hydroxylation is 1. The highest BCUT2D eigenvalue weighted by Gasteiger charge is 2.24. The lowest BCUT2D eigenvalue weighted by Crippen LogP contribution is -2.34. The summed E-state index contributed by atoms with van der Waals surface area (Å²) in [7, 11) is 1.70. The summed E-state index contributed by atoms with van der Waals surface area (Å²) in [5.74, 6) is 0.912. The third-order valence-electron chi connectivity index (χ3n) is 3.58. The second-order valence-corrected chi connectivity index (χ2v) is 4.61. The molecular formula is C14H21NO2. The summed E-state index contributed by atoms with van der Waals surface area (Å²) >= 11 is 0. The zero-order valence-corrected chi connectivity index (χ0v) is 10.6. The minimum atomic E-state index is 0.192. The van der Waals surface area contributed by atoms with E-state index < -0.39 is 0 Å². The second kappa shape index (κ2) is 5.52. The smallest absolute Gasteiger partial charge is 0.119 e. The van der Waals surface area contributed by atoms with Crippen molar-refractivity contribution in [2.45, 2.75) is 38.3 Å². The minimum Gasteiger partial charge on any atom is -0.497 e. The van der Waals surface area contributed by atoms with E-state index in [1.165, 1.54) is 11.1 Å². The van der Waals surface area contributed by atoms with Crippen LogP contribution >= 0.6 is 0 Å². The number of nitrogens with one attached hydrogen (secondary N) is 1. The molecule has 0 spiro atoms. The number of methoxy groups -OCH3 is 1. The van der Waals surface area contributed by atoms with Crippen molar-refractivity contribution in [1.82, 2.24) is 5.32 Å². The highest BCUT2D eigenvalue weighted by molar-refractivity contribution is 5.40. The van der Waals surface area contributed by atoms with Crippen molar-refractivity contribution in [2.75, 3.05) is 13.7 Å². The first kappa shape index (κ1) is 12.4. The van der Waals surface area contributed by atoms with E-state index in [1.807, 2.05) is 6.07 Å². The Kier molecular flexibility index (Phi) is 4.02. The number of fused-ring (bicyclic) bond motifs is 1. The molecule has 0 fully saturated rings. The van der Waals surface area contributed by atoms with Crippen LogP contribution in [0.15, 0.2) is 18.2 Å². The Morgan fingerprint density at radius 2 is 2.35 bits per heavy atom. The maximum absolute atomic E-state index is 9.25.